The number of fused-ring (bicyclic) bond motifs is 1. The Morgan fingerprint density at radius 2 is 1.36 bits per heavy atom. The van der Waals surface area contributed by atoms with Gasteiger partial charge in [0.25, 0.3) is 0 Å². The van der Waals surface area contributed by atoms with Crippen LogP contribution in [0.25, 0.3) is 11.2 Å². The maximum absolute atomic E-state index is 12.2. The van der Waals surface area contributed by atoms with Gasteiger partial charge in [-0.15, -0.1) is 0 Å². The van der Waals surface area contributed by atoms with Crippen LogP contribution >= 0.6 is 23.5 Å². The average Bonchev–Trinajstić information content (AvgIpc) is 3.34. The van der Waals surface area contributed by atoms with E-state index in [2.05, 4.69) is 30.9 Å². The molecule has 6 N–H and O–H groups in total. The topological polar surface area (TPSA) is 170 Å². The Morgan fingerprint density at radius 1 is 0.818 bits per heavy atom. The minimum absolute atomic E-state index is 0. The standard InChI is InChI=1S/C28H48BrF3N5O5P.H3N/c29-25-24-26(36-27(33)35-25)37(22-34-24)17-19-41-23-43(38,39)42-21-20-40-18-15-13-11-9-7-5-3-1-2-4-6-8-10-12-14-16-28(30,31)32;/h22H,1-21,23H2,(H,38,39)(H2,33,35,36);1H3. The molecule has 0 aliphatic carbocycles. The molecule has 0 bridgehead atoms. The van der Waals surface area contributed by atoms with E-state index in [1.54, 1.807) is 10.9 Å². The number of halogens is 4. The molecule has 2 heterocycles. The smallest absolute Gasteiger partial charge is 0.379 e. The van der Waals surface area contributed by atoms with Crippen molar-refractivity contribution >= 4 is 40.6 Å². The second kappa shape index (κ2) is 23.0. The number of unbranched alkanes of at least 4 members (excludes halogenated alkanes) is 14. The molecule has 0 radical (unpaired) electrons. The van der Waals surface area contributed by atoms with Gasteiger partial charge in [0, 0.05) is 19.6 Å². The minimum Gasteiger partial charge on any atom is -0.379 e. The fraction of sp³-hybridized carbons (Fsp3) is 0.821. The first-order valence-corrected chi connectivity index (χ1v) is 18.0. The SMILES string of the molecule is N.Nc1nc(Br)c2ncn(CCOCP(=O)(O)OCCOCCCCCCCCCCCCCCCCCC(F)(F)F)c2n1. The molecule has 0 amide bonds. The van der Waals surface area contributed by atoms with Gasteiger partial charge >= 0.3 is 13.8 Å². The van der Waals surface area contributed by atoms with Crippen LogP contribution in [-0.2, 0) is 25.1 Å². The molecule has 0 spiro atoms. The lowest BCUT2D eigenvalue weighted by molar-refractivity contribution is -0.135. The lowest BCUT2D eigenvalue weighted by atomic mass is 10.0. The maximum Gasteiger partial charge on any atom is 0.389 e. The van der Waals surface area contributed by atoms with Crippen LogP contribution in [0.1, 0.15) is 103 Å². The van der Waals surface area contributed by atoms with Gasteiger partial charge in [-0.2, -0.15) is 18.2 Å². The normalized spacial score (nSPS) is 13.3. The molecule has 44 heavy (non-hydrogen) atoms. The van der Waals surface area contributed by atoms with Crippen molar-refractivity contribution in [3.05, 3.63) is 10.9 Å². The molecule has 2 aromatic rings. The van der Waals surface area contributed by atoms with Crippen LogP contribution in [-0.4, -0.2) is 63.4 Å². The highest BCUT2D eigenvalue weighted by Crippen LogP contribution is 2.41. The number of nitrogen functional groups attached to an aromatic ring is 1. The Kier molecular flexibility index (Phi) is 21.3. The summed E-state index contributed by atoms with van der Waals surface area (Å²) in [5.41, 5.74) is 6.79. The molecule has 256 valence electrons. The summed E-state index contributed by atoms with van der Waals surface area (Å²) in [6.07, 6.45) is 12.3. The summed E-state index contributed by atoms with van der Waals surface area (Å²) in [5.74, 6) is 0.114. The van der Waals surface area contributed by atoms with E-state index in [4.69, 9.17) is 19.7 Å². The third-order valence-electron chi connectivity index (χ3n) is 6.94. The van der Waals surface area contributed by atoms with E-state index in [9.17, 15) is 22.6 Å². The number of nitrogens with zero attached hydrogens (tertiary/aromatic N) is 4. The lowest BCUT2D eigenvalue weighted by Gasteiger charge is -2.13. The van der Waals surface area contributed by atoms with Gasteiger partial charge in [-0.3, -0.25) is 4.57 Å². The van der Waals surface area contributed by atoms with Gasteiger partial charge in [-0.05, 0) is 28.8 Å². The maximum atomic E-state index is 12.2. The van der Waals surface area contributed by atoms with E-state index in [1.807, 2.05) is 0 Å². The number of ether oxygens (including phenoxy) is 2. The summed E-state index contributed by atoms with van der Waals surface area (Å²) in [5, 5.41) is 0. The van der Waals surface area contributed by atoms with Gasteiger partial charge in [0.2, 0.25) is 5.95 Å². The van der Waals surface area contributed by atoms with E-state index >= 15 is 0 Å². The zero-order chi connectivity index (χ0) is 31.4. The van der Waals surface area contributed by atoms with Crippen LogP contribution in [0.15, 0.2) is 10.9 Å². The zero-order valence-corrected chi connectivity index (χ0v) is 28.2. The molecular weight excluding hydrogens is 668 g/mol. The lowest BCUT2D eigenvalue weighted by Crippen LogP contribution is -2.10. The van der Waals surface area contributed by atoms with E-state index in [0.717, 1.165) is 32.1 Å². The van der Waals surface area contributed by atoms with E-state index in [1.165, 1.54) is 51.4 Å². The molecular formula is C28H51BrF3N6O5P. The average molecular weight is 720 g/mol. The Hall–Kier alpha value is -1.35. The van der Waals surface area contributed by atoms with Crippen molar-refractivity contribution in [2.75, 3.05) is 38.5 Å². The van der Waals surface area contributed by atoms with Crippen molar-refractivity contribution in [2.24, 2.45) is 0 Å². The Labute approximate surface area is 267 Å². The highest BCUT2D eigenvalue weighted by molar-refractivity contribution is 9.10. The predicted molar refractivity (Wildman–Crippen MR) is 170 cm³/mol. The monoisotopic (exact) mass is 718 g/mol. The molecule has 0 aliphatic rings. The van der Waals surface area contributed by atoms with Crippen LogP contribution in [0.3, 0.4) is 0 Å². The van der Waals surface area contributed by atoms with Crippen molar-refractivity contribution in [3.63, 3.8) is 0 Å². The number of rotatable bonds is 26. The summed E-state index contributed by atoms with van der Waals surface area (Å²) in [4.78, 5) is 22.3. The Morgan fingerprint density at radius 3 is 1.93 bits per heavy atom. The molecule has 0 saturated heterocycles. The number of alkyl halides is 3. The Balaban J connectivity index is 0.00000968. The molecule has 0 saturated carbocycles. The summed E-state index contributed by atoms with van der Waals surface area (Å²) in [6, 6.07) is 0. The van der Waals surface area contributed by atoms with Gasteiger partial charge in [0.15, 0.2) is 5.65 Å². The van der Waals surface area contributed by atoms with E-state index in [0.29, 0.717) is 35.3 Å². The zero-order valence-electron chi connectivity index (χ0n) is 25.7. The Bertz CT molecular complexity index is 1080. The summed E-state index contributed by atoms with van der Waals surface area (Å²) in [6.45, 7) is 1.40. The second-order valence-electron chi connectivity index (χ2n) is 10.8. The van der Waals surface area contributed by atoms with E-state index < -0.39 is 26.5 Å². The van der Waals surface area contributed by atoms with Crippen LogP contribution in [0.4, 0.5) is 19.1 Å². The number of aromatic nitrogens is 4. The number of imidazole rings is 1. The van der Waals surface area contributed by atoms with Gasteiger partial charge in [-0.25, -0.2) is 9.97 Å². The number of nitrogens with two attached hydrogens (primary N) is 1. The highest BCUT2D eigenvalue weighted by atomic mass is 79.9. The third kappa shape index (κ3) is 19.2. The molecule has 2 rings (SSSR count). The first-order valence-electron chi connectivity index (χ1n) is 15.4. The number of anilines is 1. The van der Waals surface area contributed by atoms with Crippen LogP contribution in [0.2, 0.25) is 0 Å². The predicted octanol–water partition coefficient (Wildman–Crippen LogP) is 8.33. The summed E-state index contributed by atoms with van der Waals surface area (Å²) >= 11 is 3.29. The minimum atomic E-state index is -4.01. The van der Waals surface area contributed by atoms with Crippen molar-refractivity contribution in [1.82, 2.24) is 25.7 Å². The molecule has 2 aromatic heterocycles. The molecule has 16 heteroatoms. The summed E-state index contributed by atoms with van der Waals surface area (Å²) < 4.78 is 66.6. The number of hydrogen-bond acceptors (Lipinski definition) is 9. The van der Waals surface area contributed by atoms with Gasteiger partial charge in [0.1, 0.15) is 16.5 Å². The van der Waals surface area contributed by atoms with Gasteiger partial charge < -0.3 is 35.3 Å². The van der Waals surface area contributed by atoms with Crippen molar-refractivity contribution < 1.29 is 36.6 Å². The first-order chi connectivity index (χ1) is 20.6. The molecule has 1 unspecified atom stereocenters. The molecule has 0 aromatic carbocycles. The molecule has 0 fully saturated rings. The van der Waals surface area contributed by atoms with E-state index in [-0.39, 0.29) is 38.3 Å². The quantitative estimate of drug-likeness (QED) is 0.0488. The highest BCUT2D eigenvalue weighted by Gasteiger charge is 2.25. The molecule has 11 nitrogen and oxygen atoms in total. The fourth-order valence-electron chi connectivity index (χ4n) is 4.64. The second-order valence-corrected chi connectivity index (χ2v) is 13.3. The van der Waals surface area contributed by atoms with Crippen LogP contribution in [0, 0.1) is 0 Å². The third-order valence-corrected chi connectivity index (χ3v) is 8.59. The fourth-order valence-corrected chi connectivity index (χ4v) is 5.89. The first kappa shape index (κ1) is 40.7. The van der Waals surface area contributed by atoms with Crippen LogP contribution in [0.5, 0.6) is 0 Å². The van der Waals surface area contributed by atoms with Crippen molar-refractivity contribution in [3.8, 4) is 0 Å². The van der Waals surface area contributed by atoms with Crippen molar-refractivity contribution in [2.45, 2.75) is 115 Å². The van der Waals surface area contributed by atoms with Crippen molar-refractivity contribution in [1.29, 1.82) is 0 Å². The number of hydrogen-bond donors (Lipinski definition) is 3. The molecule has 1 atom stereocenters. The molecule has 0 aliphatic heterocycles. The van der Waals surface area contributed by atoms with Crippen LogP contribution < -0.4 is 11.9 Å². The largest absolute Gasteiger partial charge is 0.389 e. The van der Waals surface area contributed by atoms with Gasteiger partial charge in [-0.1, -0.05) is 83.5 Å². The van der Waals surface area contributed by atoms with Gasteiger partial charge in [0.05, 0.1) is 26.1 Å². The summed E-state index contributed by atoms with van der Waals surface area (Å²) in [7, 11) is -3.87.